The minimum atomic E-state index is 0.249. The standard InChI is InChI=1S/C16H23N/c1-14(2)10-13(17-4)16-8-5-7-15(3,11-16)9-6-12(14)16/h10,12H,5-9,11H2,1-3H3/t12-,15+,16-/m0/s1. The Hall–Kier alpha value is -0.770. The summed E-state index contributed by atoms with van der Waals surface area (Å²) in [5, 5.41) is 0. The van der Waals surface area contributed by atoms with Crippen molar-refractivity contribution in [2.24, 2.45) is 22.2 Å². The fraction of sp³-hybridized carbons (Fsp3) is 0.812. The molecule has 0 aromatic rings. The highest BCUT2D eigenvalue weighted by Gasteiger charge is 2.59. The van der Waals surface area contributed by atoms with E-state index in [1.54, 1.807) is 0 Å². The fourth-order valence-corrected chi connectivity index (χ4v) is 5.27. The molecular formula is C16H23N. The van der Waals surface area contributed by atoms with Crippen LogP contribution in [0.15, 0.2) is 11.8 Å². The Labute approximate surface area is 105 Å². The van der Waals surface area contributed by atoms with Crippen molar-refractivity contribution in [3.8, 4) is 0 Å². The van der Waals surface area contributed by atoms with Gasteiger partial charge in [-0.05, 0) is 42.4 Å². The second-order valence-electron chi connectivity index (χ2n) is 7.55. The summed E-state index contributed by atoms with van der Waals surface area (Å²) < 4.78 is 0. The summed E-state index contributed by atoms with van der Waals surface area (Å²) in [6.07, 6.45) is 10.3. The van der Waals surface area contributed by atoms with Crippen molar-refractivity contribution >= 4 is 0 Å². The van der Waals surface area contributed by atoms with Gasteiger partial charge in [-0.15, -0.1) is 0 Å². The molecule has 0 aromatic heterocycles. The third-order valence-electron chi connectivity index (χ3n) is 5.89. The van der Waals surface area contributed by atoms with Crippen molar-refractivity contribution in [1.82, 2.24) is 0 Å². The van der Waals surface area contributed by atoms with E-state index in [9.17, 15) is 0 Å². The molecule has 0 N–H and O–H groups in total. The first-order valence-corrected chi connectivity index (χ1v) is 7.03. The van der Waals surface area contributed by atoms with Gasteiger partial charge in [0.15, 0.2) is 5.70 Å². The summed E-state index contributed by atoms with van der Waals surface area (Å²) in [5.74, 6) is 0.729. The Morgan fingerprint density at radius 2 is 2.00 bits per heavy atom. The molecule has 3 aliphatic carbocycles. The monoisotopic (exact) mass is 229 g/mol. The SMILES string of the molecule is [C-]#[N+]C1=CC(C)(C)[C@@H]2CC[C@@]3(C)CCC[C@@]12C3. The van der Waals surface area contributed by atoms with Gasteiger partial charge in [-0.1, -0.05) is 39.7 Å². The maximum Gasteiger partial charge on any atom is 0.168 e. The van der Waals surface area contributed by atoms with Crippen molar-refractivity contribution in [3.05, 3.63) is 23.2 Å². The minimum absolute atomic E-state index is 0.249. The molecule has 2 bridgehead atoms. The zero-order valence-corrected chi connectivity index (χ0v) is 11.3. The van der Waals surface area contributed by atoms with Crippen LogP contribution in [-0.2, 0) is 0 Å². The molecule has 2 saturated carbocycles. The van der Waals surface area contributed by atoms with E-state index in [4.69, 9.17) is 6.57 Å². The summed E-state index contributed by atoms with van der Waals surface area (Å²) in [4.78, 5) is 3.92. The molecule has 92 valence electrons. The molecule has 3 aliphatic rings. The van der Waals surface area contributed by atoms with Crippen molar-refractivity contribution in [3.63, 3.8) is 0 Å². The van der Waals surface area contributed by atoms with Crippen molar-refractivity contribution in [2.75, 3.05) is 0 Å². The summed E-state index contributed by atoms with van der Waals surface area (Å²) in [5.41, 5.74) is 2.15. The molecule has 17 heavy (non-hydrogen) atoms. The molecule has 1 nitrogen and oxygen atoms in total. The van der Waals surface area contributed by atoms with Gasteiger partial charge < -0.3 is 0 Å². The lowest BCUT2D eigenvalue weighted by Crippen LogP contribution is -2.46. The molecule has 0 aliphatic heterocycles. The van der Waals surface area contributed by atoms with Crippen LogP contribution >= 0.6 is 0 Å². The normalized spacial score (nSPS) is 46.9. The van der Waals surface area contributed by atoms with E-state index in [1.807, 2.05) is 0 Å². The van der Waals surface area contributed by atoms with Crippen LogP contribution in [0.2, 0.25) is 0 Å². The molecule has 2 fully saturated rings. The Balaban J connectivity index is 2.09. The van der Waals surface area contributed by atoms with Crippen molar-refractivity contribution < 1.29 is 0 Å². The summed E-state index contributed by atoms with van der Waals surface area (Å²) in [7, 11) is 0. The lowest BCUT2D eigenvalue weighted by molar-refractivity contribution is -0.0313. The predicted octanol–water partition coefficient (Wildman–Crippen LogP) is 4.81. The molecule has 0 saturated heterocycles. The van der Waals surface area contributed by atoms with E-state index in [-0.39, 0.29) is 10.8 Å². The van der Waals surface area contributed by atoms with E-state index in [0.717, 1.165) is 11.6 Å². The second-order valence-corrected chi connectivity index (χ2v) is 7.55. The maximum atomic E-state index is 7.54. The number of hydrogen-bond donors (Lipinski definition) is 0. The lowest BCUT2D eigenvalue weighted by atomic mass is 9.49. The van der Waals surface area contributed by atoms with Crippen molar-refractivity contribution in [2.45, 2.75) is 59.3 Å². The number of hydrogen-bond acceptors (Lipinski definition) is 0. The molecule has 1 heteroatoms. The van der Waals surface area contributed by atoms with Crippen LogP contribution in [0.25, 0.3) is 4.85 Å². The largest absolute Gasteiger partial charge is 0.242 e. The molecule has 0 unspecified atom stereocenters. The lowest BCUT2D eigenvalue weighted by Gasteiger charge is -2.55. The molecule has 0 aromatic carbocycles. The van der Waals surface area contributed by atoms with Gasteiger partial charge in [-0.3, -0.25) is 0 Å². The minimum Gasteiger partial charge on any atom is -0.242 e. The van der Waals surface area contributed by atoms with Crippen LogP contribution in [0.5, 0.6) is 0 Å². The molecular weight excluding hydrogens is 206 g/mol. The molecule has 0 heterocycles. The second kappa shape index (κ2) is 3.16. The molecule has 3 atom stereocenters. The van der Waals surface area contributed by atoms with E-state index < -0.39 is 0 Å². The summed E-state index contributed by atoms with van der Waals surface area (Å²) in [6.45, 7) is 14.7. The quantitative estimate of drug-likeness (QED) is 0.525. The average molecular weight is 229 g/mol. The Morgan fingerprint density at radius 3 is 2.71 bits per heavy atom. The summed E-state index contributed by atoms with van der Waals surface area (Å²) in [6, 6.07) is 0. The highest BCUT2D eigenvalue weighted by atomic mass is 14.8. The number of allylic oxidation sites excluding steroid dienone is 2. The topological polar surface area (TPSA) is 4.36 Å². The van der Waals surface area contributed by atoms with E-state index in [1.165, 1.54) is 38.5 Å². The van der Waals surface area contributed by atoms with Crippen LogP contribution < -0.4 is 0 Å². The van der Waals surface area contributed by atoms with Crippen LogP contribution in [0, 0.1) is 28.7 Å². The summed E-state index contributed by atoms with van der Waals surface area (Å²) >= 11 is 0. The zero-order valence-electron chi connectivity index (χ0n) is 11.3. The zero-order chi connectivity index (χ0) is 12.3. The fourth-order valence-electron chi connectivity index (χ4n) is 5.27. The van der Waals surface area contributed by atoms with Gasteiger partial charge >= 0.3 is 0 Å². The van der Waals surface area contributed by atoms with Crippen LogP contribution in [0.3, 0.4) is 0 Å². The van der Waals surface area contributed by atoms with Crippen molar-refractivity contribution in [1.29, 1.82) is 0 Å². The first kappa shape index (κ1) is 11.3. The Kier molecular flexibility index (Phi) is 2.11. The van der Waals surface area contributed by atoms with Crippen LogP contribution in [-0.4, -0.2) is 0 Å². The van der Waals surface area contributed by atoms with Crippen LogP contribution in [0.1, 0.15) is 59.3 Å². The average Bonchev–Trinajstić information content (AvgIpc) is 2.44. The van der Waals surface area contributed by atoms with Gasteiger partial charge in [-0.2, -0.15) is 0 Å². The van der Waals surface area contributed by atoms with Gasteiger partial charge in [0.2, 0.25) is 0 Å². The van der Waals surface area contributed by atoms with E-state index in [0.29, 0.717) is 5.41 Å². The highest BCUT2D eigenvalue weighted by molar-refractivity contribution is 5.35. The molecule has 0 radical (unpaired) electrons. The smallest absolute Gasteiger partial charge is 0.168 e. The third-order valence-corrected chi connectivity index (χ3v) is 5.89. The first-order chi connectivity index (χ1) is 7.92. The maximum absolute atomic E-state index is 7.54. The van der Waals surface area contributed by atoms with E-state index in [2.05, 4.69) is 31.7 Å². The van der Waals surface area contributed by atoms with Gasteiger partial charge in [0.1, 0.15) is 0 Å². The number of rotatable bonds is 0. The molecule has 1 spiro atoms. The van der Waals surface area contributed by atoms with Gasteiger partial charge in [-0.25, -0.2) is 4.85 Å². The molecule has 0 amide bonds. The molecule has 3 rings (SSSR count). The highest BCUT2D eigenvalue weighted by Crippen LogP contribution is 2.68. The Bertz CT molecular complexity index is 425. The Morgan fingerprint density at radius 1 is 1.24 bits per heavy atom. The number of fused-ring (bicyclic) bond motifs is 1. The van der Waals surface area contributed by atoms with Crippen LogP contribution in [0.4, 0.5) is 0 Å². The third kappa shape index (κ3) is 1.36. The van der Waals surface area contributed by atoms with E-state index >= 15 is 0 Å². The predicted molar refractivity (Wildman–Crippen MR) is 70.2 cm³/mol. The van der Waals surface area contributed by atoms with Gasteiger partial charge in [0, 0.05) is 5.41 Å². The van der Waals surface area contributed by atoms with Gasteiger partial charge in [0.25, 0.3) is 0 Å². The first-order valence-electron chi connectivity index (χ1n) is 7.03. The van der Waals surface area contributed by atoms with Gasteiger partial charge in [0.05, 0.1) is 6.57 Å². The number of nitrogens with zero attached hydrogens (tertiary/aromatic N) is 1.